The topological polar surface area (TPSA) is 73.6 Å². The lowest BCUT2D eigenvalue weighted by molar-refractivity contribution is -0.117. The molecular formula is C13H20BrClN2O3. The van der Waals surface area contributed by atoms with E-state index in [1.807, 2.05) is 6.92 Å². The van der Waals surface area contributed by atoms with Crippen molar-refractivity contribution < 1.29 is 14.3 Å². The van der Waals surface area contributed by atoms with Crippen molar-refractivity contribution >= 4 is 39.9 Å². The van der Waals surface area contributed by atoms with E-state index in [9.17, 15) is 4.79 Å². The molecule has 20 heavy (non-hydrogen) atoms. The lowest BCUT2D eigenvalue weighted by Crippen LogP contribution is -2.35. The Morgan fingerprint density at radius 3 is 2.40 bits per heavy atom. The second-order valence-electron chi connectivity index (χ2n) is 4.07. The van der Waals surface area contributed by atoms with Gasteiger partial charge in [-0.2, -0.15) is 0 Å². The summed E-state index contributed by atoms with van der Waals surface area (Å²) in [6, 6.07) is 2.92. The van der Waals surface area contributed by atoms with Gasteiger partial charge in [0.1, 0.15) is 0 Å². The second kappa shape index (κ2) is 9.05. The van der Waals surface area contributed by atoms with Crippen molar-refractivity contribution in [3.63, 3.8) is 0 Å². The van der Waals surface area contributed by atoms with Crippen LogP contribution in [0.1, 0.15) is 19.8 Å². The molecule has 0 aliphatic heterocycles. The standard InChI is InChI=1S/C13H19BrN2O3.ClH/c1-4-5-9(15)13(17)16-10-7-12(19-3)11(18-2)6-8(10)14;/h6-7,9H,4-5,15H2,1-3H3,(H,16,17);1H. The molecule has 1 atom stereocenters. The van der Waals surface area contributed by atoms with Gasteiger partial charge in [0.05, 0.1) is 25.9 Å². The summed E-state index contributed by atoms with van der Waals surface area (Å²) in [5.74, 6) is 0.921. The van der Waals surface area contributed by atoms with Crippen LogP contribution >= 0.6 is 28.3 Å². The monoisotopic (exact) mass is 366 g/mol. The Morgan fingerprint density at radius 2 is 1.90 bits per heavy atom. The van der Waals surface area contributed by atoms with Crippen LogP contribution in [-0.2, 0) is 4.79 Å². The number of hydrogen-bond donors (Lipinski definition) is 2. The molecule has 0 aliphatic carbocycles. The highest BCUT2D eigenvalue weighted by molar-refractivity contribution is 9.10. The van der Waals surface area contributed by atoms with Crippen LogP contribution in [0.15, 0.2) is 16.6 Å². The van der Waals surface area contributed by atoms with E-state index < -0.39 is 6.04 Å². The number of hydrogen-bond acceptors (Lipinski definition) is 4. The molecule has 7 heteroatoms. The fourth-order valence-corrected chi connectivity index (χ4v) is 2.04. The van der Waals surface area contributed by atoms with E-state index in [-0.39, 0.29) is 18.3 Å². The molecule has 0 fully saturated rings. The summed E-state index contributed by atoms with van der Waals surface area (Å²) < 4.78 is 11.1. The van der Waals surface area contributed by atoms with Crippen molar-refractivity contribution in [1.29, 1.82) is 0 Å². The van der Waals surface area contributed by atoms with E-state index in [0.29, 0.717) is 28.1 Å². The molecule has 114 valence electrons. The summed E-state index contributed by atoms with van der Waals surface area (Å²) in [5, 5.41) is 2.77. The molecule has 5 nitrogen and oxygen atoms in total. The van der Waals surface area contributed by atoms with E-state index in [0.717, 1.165) is 6.42 Å². The smallest absolute Gasteiger partial charge is 0.241 e. The Balaban J connectivity index is 0.00000361. The van der Waals surface area contributed by atoms with Crippen molar-refractivity contribution in [3.8, 4) is 11.5 Å². The van der Waals surface area contributed by atoms with Crippen molar-refractivity contribution in [2.75, 3.05) is 19.5 Å². The zero-order valence-corrected chi connectivity index (χ0v) is 14.1. The minimum atomic E-state index is -0.509. The van der Waals surface area contributed by atoms with Crippen LogP contribution in [-0.4, -0.2) is 26.2 Å². The van der Waals surface area contributed by atoms with Gasteiger partial charge < -0.3 is 20.5 Å². The molecule has 0 heterocycles. The number of ether oxygens (including phenoxy) is 2. The third-order valence-electron chi connectivity index (χ3n) is 2.67. The summed E-state index contributed by atoms with van der Waals surface area (Å²) in [4.78, 5) is 11.9. The Hall–Kier alpha value is -0.980. The molecule has 0 saturated heterocycles. The summed E-state index contributed by atoms with van der Waals surface area (Å²) in [7, 11) is 3.10. The summed E-state index contributed by atoms with van der Waals surface area (Å²) >= 11 is 3.38. The average Bonchev–Trinajstić information content (AvgIpc) is 2.40. The number of rotatable bonds is 6. The van der Waals surface area contributed by atoms with Crippen molar-refractivity contribution in [2.24, 2.45) is 5.73 Å². The summed E-state index contributed by atoms with van der Waals surface area (Å²) in [5.41, 5.74) is 6.37. The lowest BCUT2D eigenvalue weighted by Gasteiger charge is -2.15. The highest BCUT2D eigenvalue weighted by Gasteiger charge is 2.16. The molecule has 0 bridgehead atoms. The molecule has 1 unspecified atom stereocenters. The molecule has 1 amide bonds. The lowest BCUT2D eigenvalue weighted by atomic mass is 10.1. The largest absolute Gasteiger partial charge is 0.493 e. The van der Waals surface area contributed by atoms with Gasteiger partial charge in [-0.25, -0.2) is 0 Å². The quantitative estimate of drug-likeness (QED) is 0.810. The van der Waals surface area contributed by atoms with E-state index in [4.69, 9.17) is 15.2 Å². The molecule has 1 rings (SSSR count). The molecule has 0 spiro atoms. The Labute approximate surface area is 133 Å². The molecule has 0 saturated carbocycles. The van der Waals surface area contributed by atoms with E-state index in [1.54, 1.807) is 26.4 Å². The van der Waals surface area contributed by atoms with Crippen LogP contribution in [0.5, 0.6) is 11.5 Å². The molecule has 0 radical (unpaired) electrons. The van der Waals surface area contributed by atoms with Crippen LogP contribution in [0, 0.1) is 0 Å². The number of benzene rings is 1. The zero-order valence-electron chi connectivity index (χ0n) is 11.7. The number of methoxy groups -OCH3 is 2. The SMILES string of the molecule is CCCC(N)C(=O)Nc1cc(OC)c(OC)cc1Br.Cl. The molecular weight excluding hydrogens is 348 g/mol. The molecule has 0 aliphatic rings. The van der Waals surface area contributed by atoms with Crippen LogP contribution in [0.25, 0.3) is 0 Å². The van der Waals surface area contributed by atoms with Gasteiger partial charge in [-0.3, -0.25) is 4.79 Å². The fourth-order valence-electron chi connectivity index (χ4n) is 1.62. The molecule has 0 aromatic heterocycles. The minimum Gasteiger partial charge on any atom is -0.493 e. The van der Waals surface area contributed by atoms with Gasteiger partial charge in [0.2, 0.25) is 5.91 Å². The molecule has 1 aromatic rings. The van der Waals surface area contributed by atoms with E-state index in [1.165, 1.54) is 0 Å². The maximum Gasteiger partial charge on any atom is 0.241 e. The van der Waals surface area contributed by atoms with Crippen LogP contribution in [0.4, 0.5) is 5.69 Å². The first-order valence-corrected chi connectivity index (χ1v) is 6.80. The number of nitrogens with one attached hydrogen (secondary N) is 1. The maximum absolute atomic E-state index is 11.9. The Kier molecular flexibility index (Phi) is 8.60. The fraction of sp³-hybridized carbons (Fsp3) is 0.462. The minimum absolute atomic E-state index is 0. The average molecular weight is 368 g/mol. The molecule has 3 N–H and O–H groups in total. The predicted octanol–water partition coefficient (Wildman–Crippen LogP) is 2.95. The van der Waals surface area contributed by atoms with Gasteiger partial charge in [-0.15, -0.1) is 12.4 Å². The van der Waals surface area contributed by atoms with Gasteiger partial charge in [0.15, 0.2) is 11.5 Å². The zero-order chi connectivity index (χ0) is 14.4. The van der Waals surface area contributed by atoms with Crippen molar-refractivity contribution in [1.82, 2.24) is 0 Å². The maximum atomic E-state index is 11.9. The number of halogens is 2. The van der Waals surface area contributed by atoms with Gasteiger partial charge in [-0.1, -0.05) is 13.3 Å². The summed E-state index contributed by atoms with van der Waals surface area (Å²) in [6.45, 7) is 1.99. The normalized spacial score (nSPS) is 11.2. The van der Waals surface area contributed by atoms with Gasteiger partial charge >= 0.3 is 0 Å². The Morgan fingerprint density at radius 1 is 1.35 bits per heavy atom. The Bertz CT molecular complexity index is 457. The van der Waals surface area contributed by atoms with Crippen LogP contribution < -0.4 is 20.5 Å². The van der Waals surface area contributed by atoms with Crippen molar-refractivity contribution in [3.05, 3.63) is 16.6 Å². The molecule has 1 aromatic carbocycles. The number of nitrogens with two attached hydrogens (primary N) is 1. The number of amides is 1. The second-order valence-corrected chi connectivity index (χ2v) is 4.93. The van der Waals surface area contributed by atoms with Gasteiger partial charge in [0.25, 0.3) is 0 Å². The first-order valence-electron chi connectivity index (χ1n) is 6.01. The highest BCUT2D eigenvalue weighted by Crippen LogP contribution is 2.36. The van der Waals surface area contributed by atoms with E-state index >= 15 is 0 Å². The third-order valence-corrected chi connectivity index (χ3v) is 3.32. The van der Waals surface area contributed by atoms with E-state index in [2.05, 4.69) is 21.2 Å². The number of carbonyl (C=O) groups excluding carboxylic acids is 1. The van der Waals surface area contributed by atoms with Gasteiger partial charge in [-0.05, 0) is 22.4 Å². The predicted molar refractivity (Wildman–Crippen MR) is 86.0 cm³/mol. The first-order chi connectivity index (χ1) is 9.03. The number of carbonyl (C=O) groups is 1. The van der Waals surface area contributed by atoms with Crippen LogP contribution in [0.2, 0.25) is 0 Å². The van der Waals surface area contributed by atoms with Crippen molar-refractivity contribution in [2.45, 2.75) is 25.8 Å². The highest BCUT2D eigenvalue weighted by atomic mass is 79.9. The number of anilines is 1. The first kappa shape index (κ1) is 19.0. The van der Waals surface area contributed by atoms with Crippen LogP contribution in [0.3, 0.4) is 0 Å². The van der Waals surface area contributed by atoms with Gasteiger partial charge in [0, 0.05) is 16.6 Å². The third kappa shape index (κ3) is 4.85. The summed E-state index contributed by atoms with van der Waals surface area (Å²) in [6.07, 6.45) is 1.51.